The van der Waals surface area contributed by atoms with Crippen molar-refractivity contribution in [2.45, 2.75) is 52.2 Å². The minimum atomic E-state index is -0.179. The van der Waals surface area contributed by atoms with Crippen molar-refractivity contribution in [3.05, 3.63) is 23.7 Å². The summed E-state index contributed by atoms with van der Waals surface area (Å²) in [6, 6.07) is 0. The van der Waals surface area contributed by atoms with Gasteiger partial charge >= 0.3 is 5.97 Å². The lowest BCUT2D eigenvalue weighted by Gasteiger charge is -2.27. The van der Waals surface area contributed by atoms with Crippen LogP contribution in [0.15, 0.2) is 16.9 Å². The highest BCUT2D eigenvalue weighted by Gasteiger charge is 2.29. The van der Waals surface area contributed by atoms with Gasteiger partial charge in [-0.3, -0.25) is 4.79 Å². The molecule has 26 heavy (non-hydrogen) atoms. The van der Waals surface area contributed by atoms with Gasteiger partial charge in [0.15, 0.2) is 5.76 Å². The van der Waals surface area contributed by atoms with E-state index in [4.69, 9.17) is 14.0 Å². The molecule has 8 nitrogen and oxygen atoms in total. The first-order chi connectivity index (χ1) is 12.6. The standard InChI is InChI=1S/C18H23N3O5/c1-3-24-18(23)12-5-4-6-13(7-12)25-16-9-19-15(8-20-16)17-14(10-22)11(2)21-26-17/h8-9,12-13,22H,3-7,10H2,1-2H3. The van der Waals surface area contributed by atoms with E-state index in [-0.39, 0.29) is 24.6 Å². The molecule has 1 aliphatic carbocycles. The largest absolute Gasteiger partial charge is 0.473 e. The Labute approximate surface area is 151 Å². The molecular weight excluding hydrogens is 338 g/mol. The van der Waals surface area contributed by atoms with E-state index in [0.717, 1.165) is 19.3 Å². The summed E-state index contributed by atoms with van der Waals surface area (Å²) in [7, 11) is 0. The fourth-order valence-corrected chi connectivity index (χ4v) is 3.17. The number of esters is 1. The van der Waals surface area contributed by atoms with E-state index in [1.54, 1.807) is 6.92 Å². The Morgan fingerprint density at radius 2 is 2.19 bits per heavy atom. The van der Waals surface area contributed by atoms with Crippen LogP contribution in [-0.4, -0.2) is 38.9 Å². The molecule has 1 N–H and O–H groups in total. The molecule has 1 saturated carbocycles. The summed E-state index contributed by atoms with van der Waals surface area (Å²) >= 11 is 0. The number of nitrogens with zero attached hydrogens (tertiary/aromatic N) is 3. The van der Waals surface area contributed by atoms with E-state index in [1.165, 1.54) is 12.4 Å². The number of aromatic nitrogens is 3. The molecule has 2 unspecified atom stereocenters. The monoisotopic (exact) mass is 361 g/mol. The molecule has 8 heteroatoms. The normalized spacial score (nSPS) is 20.0. The van der Waals surface area contributed by atoms with Crippen molar-refractivity contribution in [2.75, 3.05) is 6.61 Å². The van der Waals surface area contributed by atoms with Gasteiger partial charge < -0.3 is 19.1 Å². The predicted octanol–water partition coefficient (Wildman–Crippen LogP) is 2.43. The van der Waals surface area contributed by atoms with Crippen LogP contribution < -0.4 is 4.74 Å². The van der Waals surface area contributed by atoms with Crippen LogP contribution in [0, 0.1) is 12.8 Å². The van der Waals surface area contributed by atoms with E-state index in [9.17, 15) is 9.90 Å². The zero-order chi connectivity index (χ0) is 18.5. The highest BCUT2D eigenvalue weighted by molar-refractivity contribution is 5.72. The van der Waals surface area contributed by atoms with Crippen molar-refractivity contribution in [3.8, 4) is 17.3 Å². The van der Waals surface area contributed by atoms with Gasteiger partial charge in [-0.1, -0.05) is 5.16 Å². The Hall–Kier alpha value is -2.48. The van der Waals surface area contributed by atoms with Crippen molar-refractivity contribution in [2.24, 2.45) is 5.92 Å². The van der Waals surface area contributed by atoms with Gasteiger partial charge in [-0.25, -0.2) is 9.97 Å². The maximum atomic E-state index is 11.9. The van der Waals surface area contributed by atoms with Crippen LogP contribution >= 0.6 is 0 Å². The molecule has 0 spiro atoms. The lowest BCUT2D eigenvalue weighted by Crippen LogP contribution is -2.31. The third-order valence-electron chi connectivity index (χ3n) is 4.54. The van der Waals surface area contributed by atoms with Crippen LogP contribution in [0.1, 0.15) is 43.9 Å². The molecule has 0 aliphatic heterocycles. The highest BCUT2D eigenvalue weighted by Crippen LogP contribution is 2.29. The van der Waals surface area contributed by atoms with Gasteiger partial charge in [0, 0.05) is 5.56 Å². The van der Waals surface area contributed by atoms with Crippen molar-refractivity contribution >= 4 is 5.97 Å². The summed E-state index contributed by atoms with van der Waals surface area (Å²) < 4.78 is 16.2. The van der Waals surface area contributed by atoms with Gasteiger partial charge in [-0.2, -0.15) is 0 Å². The van der Waals surface area contributed by atoms with Crippen LogP contribution in [-0.2, 0) is 16.1 Å². The van der Waals surface area contributed by atoms with Crippen LogP contribution in [0.25, 0.3) is 11.5 Å². The Morgan fingerprint density at radius 3 is 2.88 bits per heavy atom. The number of carbonyl (C=O) groups is 1. The number of ether oxygens (including phenoxy) is 2. The summed E-state index contributed by atoms with van der Waals surface area (Å²) in [5, 5.41) is 13.3. The second-order valence-corrected chi connectivity index (χ2v) is 6.33. The molecule has 1 aliphatic rings. The fourth-order valence-electron chi connectivity index (χ4n) is 3.17. The first-order valence-electron chi connectivity index (χ1n) is 8.84. The second-order valence-electron chi connectivity index (χ2n) is 6.33. The molecule has 140 valence electrons. The molecule has 0 aromatic carbocycles. The van der Waals surface area contributed by atoms with E-state index in [2.05, 4.69) is 15.1 Å². The Balaban J connectivity index is 1.65. The summed E-state index contributed by atoms with van der Waals surface area (Å²) in [5.41, 5.74) is 1.70. The summed E-state index contributed by atoms with van der Waals surface area (Å²) in [6.45, 7) is 3.78. The average Bonchev–Trinajstić information content (AvgIpc) is 3.03. The van der Waals surface area contributed by atoms with Crippen LogP contribution in [0.3, 0.4) is 0 Å². The summed E-state index contributed by atoms with van der Waals surface area (Å²) in [5.74, 6) is 0.527. The minimum Gasteiger partial charge on any atom is -0.473 e. The zero-order valence-corrected chi connectivity index (χ0v) is 15.0. The van der Waals surface area contributed by atoms with Gasteiger partial charge in [-0.15, -0.1) is 0 Å². The lowest BCUT2D eigenvalue weighted by molar-refractivity contribution is -0.150. The van der Waals surface area contributed by atoms with Crippen LogP contribution in [0.4, 0.5) is 0 Å². The molecule has 1 fully saturated rings. The van der Waals surface area contributed by atoms with Crippen molar-refractivity contribution in [3.63, 3.8) is 0 Å². The van der Waals surface area contributed by atoms with E-state index in [0.29, 0.717) is 41.6 Å². The SMILES string of the molecule is CCOC(=O)C1CCCC(Oc2cnc(-c3onc(C)c3CO)cn2)C1. The van der Waals surface area contributed by atoms with Crippen LogP contribution in [0.2, 0.25) is 0 Å². The van der Waals surface area contributed by atoms with Gasteiger partial charge in [0.2, 0.25) is 5.88 Å². The van der Waals surface area contributed by atoms with Gasteiger partial charge in [0.25, 0.3) is 0 Å². The second kappa shape index (κ2) is 8.27. The maximum Gasteiger partial charge on any atom is 0.309 e. The Kier molecular flexibility index (Phi) is 5.82. The van der Waals surface area contributed by atoms with Crippen molar-refractivity contribution < 1.29 is 23.9 Å². The zero-order valence-electron chi connectivity index (χ0n) is 15.0. The number of aliphatic hydroxyl groups excluding tert-OH is 1. The van der Waals surface area contributed by atoms with Crippen molar-refractivity contribution in [1.29, 1.82) is 0 Å². The number of rotatable bonds is 6. The number of aryl methyl sites for hydroxylation is 1. The molecular formula is C18H23N3O5. The highest BCUT2D eigenvalue weighted by atomic mass is 16.5. The minimum absolute atomic E-state index is 0.0844. The summed E-state index contributed by atoms with van der Waals surface area (Å²) in [4.78, 5) is 20.5. The molecule has 0 radical (unpaired) electrons. The Bertz CT molecular complexity index is 744. The number of hydrogen-bond acceptors (Lipinski definition) is 8. The number of carbonyl (C=O) groups excluding carboxylic acids is 1. The molecule has 2 atom stereocenters. The quantitative estimate of drug-likeness (QED) is 0.782. The smallest absolute Gasteiger partial charge is 0.309 e. The number of hydrogen-bond donors (Lipinski definition) is 1. The maximum absolute atomic E-state index is 11.9. The third kappa shape index (κ3) is 4.01. The van der Waals surface area contributed by atoms with Crippen molar-refractivity contribution in [1.82, 2.24) is 15.1 Å². The molecule has 2 aromatic rings. The predicted molar refractivity (Wildman–Crippen MR) is 91.2 cm³/mol. The van der Waals surface area contributed by atoms with Gasteiger partial charge in [-0.05, 0) is 39.5 Å². The average molecular weight is 361 g/mol. The molecule has 2 aromatic heterocycles. The molecule has 0 saturated heterocycles. The molecule has 2 heterocycles. The van der Waals surface area contributed by atoms with E-state index < -0.39 is 0 Å². The summed E-state index contributed by atoms with van der Waals surface area (Å²) in [6.07, 6.45) is 6.20. The first kappa shape index (κ1) is 18.3. The van der Waals surface area contributed by atoms with Crippen LogP contribution in [0.5, 0.6) is 5.88 Å². The van der Waals surface area contributed by atoms with Gasteiger partial charge in [0.05, 0.1) is 37.2 Å². The Morgan fingerprint density at radius 1 is 1.35 bits per heavy atom. The van der Waals surface area contributed by atoms with Gasteiger partial charge in [0.1, 0.15) is 11.8 Å². The topological polar surface area (TPSA) is 108 Å². The lowest BCUT2D eigenvalue weighted by atomic mass is 9.87. The third-order valence-corrected chi connectivity index (χ3v) is 4.54. The first-order valence-corrected chi connectivity index (χ1v) is 8.84. The number of aliphatic hydroxyl groups is 1. The molecule has 0 bridgehead atoms. The van der Waals surface area contributed by atoms with E-state index >= 15 is 0 Å². The fraction of sp³-hybridized carbons (Fsp3) is 0.556. The molecule has 3 rings (SSSR count). The molecule has 0 amide bonds. The van der Waals surface area contributed by atoms with E-state index in [1.807, 2.05) is 6.92 Å².